The minimum absolute atomic E-state index is 0.265. The molecule has 0 N–H and O–H groups in total. The number of esters is 1. The van der Waals surface area contributed by atoms with Crippen molar-refractivity contribution >= 4 is 39.3 Å². The highest BCUT2D eigenvalue weighted by atomic mass is 35.5. The summed E-state index contributed by atoms with van der Waals surface area (Å²) in [5, 5.41) is 0. The van der Waals surface area contributed by atoms with Crippen LogP contribution in [0.25, 0.3) is 0 Å². The number of carbonyl (C=O) groups excluding carboxylic acids is 1. The summed E-state index contributed by atoms with van der Waals surface area (Å²) in [6, 6.07) is 0. The normalized spacial score (nSPS) is 27.1. The fourth-order valence-corrected chi connectivity index (χ4v) is 3.61. The van der Waals surface area contributed by atoms with E-state index in [0.717, 1.165) is 6.26 Å². The van der Waals surface area contributed by atoms with Crippen LogP contribution in [0.4, 0.5) is 0 Å². The minimum atomic E-state index is -3.71. The predicted molar refractivity (Wildman–Crippen MR) is 72.6 cm³/mol. The van der Waals surface area contributed by atoms with Crippen molar-refractivity contribution in [3.05, 3.63) is 0 Å². The van der Waals surface area contributed by atoms with E-state index in [1.54, 1.807) is 6.92 Å². The standard InChI is InChI=1S/C11H18Cl2O5S/c1-5-17-10(14)7-6(11(7,2)3)8(9(12)13)18-19(4,15)16/h6-9H,5H2,1-4H3/t6-,7-,8?/m0/s1. The van der Waals surface area contributed by atoms with E-state index in [0.29, 0.717) is 0 Å². The van der Waals surface area contributed by atoms with Crippen molar-refractivity contribution in [1.82, 2.24) is 0 Å². The fraction of sp³-hybridized carbons (Fsp3) is 0.909. The summed E-state index contributed by atoms with van der Waals surface area (Å²) in [5.74, 6) is -1.23. The Morgan fingerprint density at radius 2 is 1.89 bits per heavy atom. The SMILES string of the molecule is CCOC(=O)[C@@H]1[C@@H](C(OS(C)(=O)=O)C(Cl)Cl)C1(C)C. The molecule has 0 bridgehead atoms. The molecule has 8 heteroatoms. The highest BCUT2D eigenvalue weighted by Crippen LogP contribution is 2.62. The maximum absolute atomic E-state index is 11.8. The first kappa shape index (κ1) is 17.0. The maximum Gasteiger partial charge on any atom is 0.309 e. The van der Waals surface area contributed by atoms with E-state index in [1.165, 1.54) is 0 Å². The van der Waals surface area contributed by atoms with Gasteiger partial charge < -0.3 is 4.74 Å². The highest BCUT2D eigenvalue weighted by molar-refractivity contribution is 7.86. The monoisotopic (exact) mass is 332 g/mol. The van der Waals surface area contributed by atoms with Gasteiger partial charge in [0.15, 0.2) is 0 Å². The first-order valence-electron chi connectivity index (χ1n) is 5.85. The average Bonchev–Trinajstić information content (AvgIpc) is 2.76. The Kier molecular flexibility index (Phi) is 5.15. The lowest BCUT2D eigenvalue weighted by Gasteiger charge is -2.18. The molecule has 0 aromatic carbocycles. The Balaban J connectivity index is 2.90. The molecule has 5 nitrogen and oxygen atoms in total. The molecule has 1 aliphatic rings. The van der Waals surface area contributed by atoms with Crippen LogP contribution in [0.1, 0.15) is 20.8 Å². The molecule has 0 radical (unpaired) electrons. The number of rotatable bonds is 6. The number of halogens is 2. The van der Waals surface area contributed by atoms with Crippen LogP contribution < -0.4 is 0 Å². The first-order valence-corrected chi connectivity index (χ1v) is 8.54. The smallest absolute Gasteiger partial charge is 0.309 e. The van der Waals surface area contributed by atoms with Gasteiger partial charge in [-0.1, -0.05) is 13.8 Å². The Bertz CT molecular complexity index is 446. The van der Waals surface area contributed by atoms with Gasteiger partial charge in [-0.25, -0.2) is 0 Å². The third-order valence-corrected chi connectivity index (χ3v) is 4.41. The van der Waals surface area contributed by atoms with E-state index in [9.17, 15) is 13.2 Å². The minimum Gasteiger partial charge on any atom is -0.466 e. The van der Waals surface area contributed by atoms with E-state index >= 15 is 0 Å². The summed E-state index contributed by atoms with van der Waals surface area (Å²) in [4.78, 5) is 10.8. The van der Waals surface area contributed by atoms with E-state index in [2.05, 4.69) is 0 Å². The Morgan fingerprint density at radius 3 is 2.26 bits per heavy atom. The van der Waals surface area contributed by atoms with Crippen molar-refractivity contribution in [2.24, 2.45) is 17.3 Å². The van der Waals surface area contributed by atoms with Crippen LogP contribution in [-0.2, 0) is 23.8 Å². The summed E-state index contributed by atoms with van der Waals surface area (Å²) >= 11 is 11.6. The second-order valence-electron chi connectivity index (χ2n) is 5.18. The zero-order valence-electron chi connectivity index (χ0n) is 11.2. The van der Waals surface area contributed by atoms with Crippen LogP contribution in [0.5, 0.6) is 0 Å². The fourth-order valence-electron chi connectivity index (χ4n) is 2.43. The highest BCUT2D eigenvalue weighted by Gasteiger charge is 2.67. The number of hydrogen-bond acceptors (Lipinski definition) is 5. The molecule has 1 fully saturated rings. The van der Waals surface area contributed by atoms with Gasteiger partial charge in [0.1, 0.15) is 10.9 Å². The van der Waals surface area contributed by atoms with Crippen LogP contribution in [0.2, 0.25) is 0 Å². The van der Waals surface area contributed by atoms with Crippen molar-refractivity contribution in [3.63, 3.8) is 0 Å². The first-order chi connectivity index (χ1) is 8.52. The summed E-state index contributed by atoms with van der Waals surface area (Å²) in [7, 11) is -3.71. The van der Waals surface area contributed by atoms with Crippen molar-refractivity contribution in [3.8, 4) is 0 Å². The topological polar surface area (TPSA) is 69.7 Å². The van der Waals surface area contributed by atoms with Gasteiger partial charge in [-0.15, -0.1) is 23.2 Å². The van der Waals surface area contributed by atoms with Crippen molar-refractivity contribution < 1.29 is 22.1 Å². The summed E-state index contributed by atoms with van der Waals surface area (Å²) in [6.45, 7) is 5.63. The Hall–Kier alpha value is -0.0400. The van der Waals surface area contributed by atoms with Gasteiger partial charge in [-0.05, 0) is 12.3 Å². The van der Waals surface area contributed by atoms with Gasteiger partial charge in [0, 0.05) is 5.92 Å². The lowest BCUT2D eigenvalue weighted by atomic mass is 10.1. The molecule has 0 saturated heterocycles. The maximum atomic E-state index is 11.8. The molecule has 0 aromatic heterocycles. The molecule has 1 aliphatic carbocycles. The van der Waals surface area contributed by atoms with Crippen LogP contribution in [0, 0.1) is 17.3 Å². The van der Waals surface area contributed by atoms with Crippen LogP contribution in [0.3, 0.4) is 0 Å². The van der Waals surface area contributed by atoms with Crippen molar-refractivity contribution in [1.29, 1.82) is 0 Å². The lowest BCUT2D eigenvalue weighted by molar-refractivity contribution is -0.146. The molecule has 1 saturated carbocycles. The molecular formula is C11H18Cl2O5S. The molecule has 19 heavy (non-hydrogen) atoms. The van der Waals surface area contributed by atoms with E-state index < -0.39 is 32.4 Å². The van der Waals surface area contributed by atoms with Crippen LogP contribution in [0.15, 0.2) is 0 Å². The summed E-state index contributed by atoms with van der Waals surface area (Å²) < 4.78 is 32.4. The third-order valence-electron chi connectivity index (χ3n) is 3.34. The number of hydrogen-bond donors (Lipinski definition) is 0. The molecule has 0 aromatic rings. The van der Waals surface area contributed by atoms with E-state index in [1.807, 2.05) is 13.8 Å². The van der Waals surface area contributed by atoms with E-state index in [4.69, 9.17) is 32.1 Å². The van der Waals surface area contributed by atoms with Gasteiger partial charge in [-0.2, -0.15) is 8.42 Å². The second kappa shape index (κ2) is 5.76. The number of ether oxygens (including phenoxy) is 1. The zero-order valence-corrected chi connectivity index (χ0v) is 13.6. The molecule has 3 atom stereocenters. The predicted octanol–water partition coefficient (Wildman–Crippen LogP) is 1.97. The Morgan fingerprint density at radius 1 is 1.37 bits per heavy atom. The number of carbonyl (C=O) groups is 1. The molecule has 112 valence electrons. The zero-order chi connectivity index (χ0) is 15.0. The quantitative estimate of drug-likeness (QED) is 0.422. The van der Waals surface area contributed by atoms with Crippen molar-refractivity contribution in [2.75, 3.05) is 12.9 Å². The van der Waals surface area contributed by atoms with E-state index in [-0.39, 0.29) is 18.5 Å². The van der Waals surface area contributed by atoms with Gasteiger partial charge in [0.25, 0.3) is 10.1 Å². The van der Waals surface area contributed by atoms with Gasteiger partial charge in [-0.3, -0.25) is 8.98 Å². The molecule has 1 unspecified atom stereocenters. The van der Waals surface area contributed by atoms with Gasteiger partial charge >= 0.3 is 5.97 Å². The summed E-state index contributed by atoms with van der Waals surface area (Å²) in [5.41, 5.74) is -0.455. The molecule has 1 rings (SSSR count). The molecule has 0 spiro atoms. The molecular weight excluding hydrogens is 315 g/mol. The Labute approximate surface area is 123 Å². The van der Waals surface area contributed by atoms with Crippen LogP contribution in [-0.4, -0.2) is 38.2 Å². The summed E-state index contributed by atoms with van der Waals surface area (Å²) in [6.07, 6.45) is -0.0343. The molecule has 0 aliphatic heterocycles. The van der Waals surface area contributed by atoms with Crippen LogP contribution >= 0.6 is 23.2 Å². The van der Waals surface area contributed by atoms with Gasteiger partial charge in [0.05, 0.1) is 18.8 Å². The third kappa shape index (κ3) is 3.97. The molecule has 0 amide bonds. The largest absolute Gasteiger partial charge is 0.466 e. The lowest BCUT2D eigenvalue weighted by Crippen LogP contribution is -2.29. The average molecular weight is 333 g/mol. The number of alkyl halides is 2. The second-order valence-corrected chi connectivity index (χ2v) is 7.94. The molecule has 0 heterocycles. The van der Waals surface area contributed by atoms with Gasteiger partial charge in [0.2, 0.25) is 0 Å². The van der Waals surface area contributed by atoms with Crippen molar-refractivity contribution in [2.45, 2.75) is 31.7 Å².